The van der Waals surface area contributed by atoms with Crippen molar-refractivity contribution < 1.29 is 9.59 Å². The molecule has 0 amide bonds. The Bertz CT molecular complexity index is 777. The van der Waals surface area contributed by atoms with Crippen molar-refractivity contribution in [2.75, 3.05) is 0 Å². The smallest absolute Gasteiger partial charge is 0.173 e. The minimum atomic E-state index is -0.598. The van der Waals surface area contributed by atoms with Gasteiger partial charge < -0.3 is 0 Å². The van der Waals surface area contributed by atoms with Gasteiger partial charge in [0.15, 0.2) is 11.6 Å². The number of aryl methyl sites for hydroxylation is 1. The number of Topliss-reactive ketones (excluding diaryl/α,β-unsaturated/α-hetero) is 2. The molecule has 1 unspecified atom stereocenters. The topological polar surface area (TPSA) is 34.1 Å². The number of benzene rings is 2. The Morgan fingerprint density at radius 1 is 0.786 bits per heavy atom. The van der Waals surface area contributed by atoms with E-state index in [2.05, 4.69) is 34.6 Å². The molecule has 0 heterocycles. The average molecular weight is 379 g/mol. The summed E-state index contributed by atoms with van der Waals surface area (Å²) in [4.78, 5) is 26.4. The lowest BCUT2D eigenvalue weighted by Crippen LogP contribution is -2.25. The molecule has 28 heavy (non-hydrogen) atoms. The van der Waals surface area contributed by atoms with Gasteiger partial charge in [-0.25, -0.2) is 0 Å². The van der Waals surface area contributed by atoms with Crippen LogP contribution in [0.1, 0.15) is 92.1 Å². The molecule has 1 atom stereocenters. The first kappa shape index (κ1) is 22.1. The first-order valence-corrected chi connectivity index (χ1v) is 10.6. The number of carbonyl (C=O) groups excluding carboxylic acids is 2. The lowest BCUT2D eigenvalue weighted by molar-refractivity contribution is 0.0797. The molecule has 0 aliphatic heterocycles. The van der Waals surface area contributed by atoms with Crippen LogP contribution in [0, 0.1) is 5.92 Å². The highest BCUT2D eigenvalue weighted by molar-refractivity contribution is 6.16. The summed E-state index contributed by atoms with van der Waals surface area (Å²) < 4.78 is 0. The predicted octanol–water partition coefficient (Wildman–Crippen LogP) is 6.81. The van der Waals surface area contributed by atoms with E-state index >= 15 is 0 Å². The van der Waals surface area contributed by atoms with Crippen LogP contribution in [0.2, 0.25) is 0 Å². The van der Waals surface area contributed by atoms with E-state index in [1.807, 2.05) is 48.5 Å². The highest BCUT2D eigenvalue weighted by Crippen LogP contribution is 2.25. The molecule has 0 fully saturated rings. The van der Waals surface area contributed by atoms with Gasteiger partial charge in [0.25, 0.3) is 0 Å². The molecule has 2 rings (SSSR count). The van der Waals surface area contributed by atoms with E-state index < -0.39 is 5.92 Å². The summed E-state index contributed by atoms with van der Waals surface area (Å²) in [5.74, 6) is -0.704. The minimum absolute atomic E-state index is 0.0406. The third-order valence-electron chi connectivity index (χ3n) is 5.41. The lowest BCUT2D eigenvalue weighted by atomic mass is 9.83. The number of ketones is 2. The molecule has 0 radical (unpaired) electrons. The standard InChI is InChI=1S/C26H34O2/c1-6-8-9-10-23(24(27)20-13-11-19(7-2)12-14-20)25(28)21-15-17-22(18-16-21)26(3,4)5/h11-18,23H,6-10H2,1-5H3. The van der Waals surface area contributed by atoms with Crippen molar-refractivity contribution in [2.24, 2.45) is 5.92 Å². The van der Waals surface area contributed by atoms with Crippen molar-refractivity contribution >= 4 is 11.6 Å². The van der Waals surface area contributed by atoms with Crippen LogP contribution in [0.25, 0.3) is 0 Å². The van der Waals surface area contributed by atoms with Crippen LogP contribution in [-0.4, -0.2) is 11.6 Å². The summed E-state index contributed by atoms with van der Waals surface area (Å²) in [6, 6.07) is 15.5. The minimum Gasteiger partial charge on any atom is -0.293 e. The predicted molar refractivity (Wildman–Crippen MR) is 117 cm³/mol. The largest absolute Gasteiger partial charge is 0.293 e. The van der Waals surface area contributed by atoms with Gasteiger partial charge in [0.05, 0.1) is 5.92 Å². The average Bonchev–Trinajstić information content (AvgIpc) is 2.70. The molecule has 0 aromatic heterocycles. The van der Waals surface area contributed by atoms with Crippen LogP contribution in [0.3, 0.4) is 0 Å². The Kier molecular flexibility index (Phi) is 7.74. The van der Waals surface area contributed by atoms with Gasteiger partial charge in [0.1, 0.15) is 0 Å². The fourth-order valence-corrected chi connectivity index (χ4v) is 3.42. The second-order valence-electron chi connectivity index (χ2n) is 8.65. The summed E-state index contributed by atoms with van der Waals surface area (Å²) in [5, 5.41) is 0. The number of unbranched alkanes of at least 4 members (excludes halogenated alkanes) is 2. The molecule has 2 aromatic rings. The van der Waals surface area contributed by atoms with E-state index in [4.69, 9.17) is 0 Å². The van der Waals surface area contributed by atoms with Crippen molar-refractivity contribution in [3.8, 4) is 0 Å². The van der Waals surface area contributed by atoms with Crippen LogP contribution in [0.5, 0.6) is 0 Å². The fraction of sp³-hybridized carbons (Fsp3) is 0.462. The van der Waals surface area contributed by atoms with Crippen molar-refractivity contribution in [2.45, 2.75) is 72.1 Å². The Morgan fingerprint density at radius 2 is 1.29 bits per heavy atom. The molecule has 0 saturated heterocycles. The van der Waals surface area contributed by atoms with E-state index in [9.17, 15) is 9.59 Å². The van der Waals surface area contributed by atoms with Gasteiger partial charge in [-0.3, -0.25) is 9.59 Å². The Labute approximate surface area is 170 Å². The molecule has 0 bridgehead atoms. The van der Waals surface area contributed by atoms with Crippen LogP contribution in [-0.2, 0) is 11.8 Å². The second kappa shape index (κ2) is 9.82. The quantitative estimate of drug-likeness (QED) is 0.273. The zero-order valence-corrected chi connectivity index (χ0v) is 18.0. The Morgan fingerprint density at radius 3 is 1.71 bits per heavy atom. The fourth-order valence-electron chi connectivity index (χ4n) is 3.42. The summed E-state index contributed by atoms with van der Waals surface area (Å²) in [5.41, 5.74) is 3.70. The van der Waals surface area contributed by atoms with E-state index in [0.29, 0.717) is 17.5 Å². The first-order chi connectivity index (χ1) is 13.3. The van der Waals surface area contributed by atoms with Gasteiger partial charge in [-0.15, -0.1) is 0 Å². The summed E-state index contributed by atoms with van der Waals surface area (Å²) >= 11 is 0. The van der Waals surface area contributed by atoms with Gasteiger partial charge in [-0.05, 0) is 29.4 Å². The summed E-state index contributed by atoms with van der Waals surface area (Å²) in [6.45, 7) is 10.7. The zero-order chi connectivity index (χ0) is 20.7. The molecule has 0 aliphatic carbocycles. The van der Waals surface area contributed by atoms with Gasteiger partial charge >= 0.3 is 0 Å². The lowest BCUT2D eigenvalue weighted by Gasteiger charge is -2.20. The normalized spacial score (nSPS) is 12.6. The number of carbonyl (C=O) groups is 2. The molecular weight excluding hydrogens is 344 g/mol. The number of hydrogen-bond donors (Lipinski definition) is 0. The van der Waals surface area contributed by atoms with Crippen molar-refractivity contribution in [3.05, 3.63) is 70.8 Å². The molecule has 2 aromatic carbocycles. The molecule has 2 nitrogen and oxygen atoms in total. The van der Waals surface area contributed by atoms with Gasteiger partial charge in [-0.2, -0.15) is 0 Å². The second-order valence-corrected chi connectivity index (χ2v) is 8.65. The van der Waals surface area contributed by atoms with Crippen LogP contribution >= 0.6 is 0 Å². The van der Waals surface area contributed by atoms with E-state index in [-0.39, 0.29) is 17.0 Å². The molecular formula is C26H34O2. The highest BCUT2D eigenvalue weighted by Gasteiger charge is 2.28. The first-order valence-electron chi connectivity index (χ1n) is 10.6. The molecule has 0 spiro atoms. The molecule has 0 aliphatic rings. The molecule has 2 heteroatoms. The van der Waals surface area contributed by atoms with Crippen LogP contribution < -0.4 is 0 Å². The van der Waals surface area contributed by atoms with Gasteiger partial charge in [-0.1, -0.05) is 102 Å². The highest BCUT2D eigenvalue weighted by atomic mass is 16.2. The van der Waals surface area contributed by atoms with Gasteiger partial charge in [0.2, 0.25) is 0 Å². The maximum absolute atomic E-state index is 13.2. The van der Waals surface area contributed by atoms with Gasteiger partial charge in [0, 0.05) is 11.1 Å². The van der Waals surface area contributed by atoms with Crippen molar-refractivity contribution in [3.63, 3.8) is 0 Å². The van der Waals surface area contributed by atoms with Crippen LogP contribution in [0.15, 0.2) is 48.5 Å². The molecule has 150 valence electrons. The third kappa shape index (κ3) is 5.64. The monoisotopic (exact) mass is 378 g/mol. The Hall–Kier alpha value is -2.22. The summed E-state index contributed by atoms with van der Waals surface area (Å²) in [7, 11) is 0. The SMILES string of the molecule is CCCCCC(C(=O)c1ccc(CC)cc1)C(=O)c1ccc(C(C)(C)C)cc1. The molecule has 0 N–H and O–H groups in total. The van der Waals surface area contributed by atoms with E-state index in [1.54, 1.807) is 0 Å². The maximum atomic E-state index is 13.2. The van der Waals surface area contributed by atoms with E-state index in [0.717, 1.165) is 25.7 Å². The third-order valence-corrected chi connectivity index (χ3v) is 5.41. The van der Waals surface area contributed by atoms with Crippen molar-refractivity contribution in [1.82, 2.24) is 0 Å². The van der Waals surface area contributed by atoms with E-state index in [1.165, 1.54) is 11.1 Å². The zero-order valence-electron chi connectivity index (χ0n) is 18.0. The number of rotatable bonds is 9. The Balaban J connectivity index is 2.27. The molecule has 0 saturated carbocycles. The maximum Gasteiger partial charge on any atom is 0.173 e. The number of hydrogen-bond acceptors (Lipinski definition) is 2. The van der Waals surface area contributed by atoms with Crippen molar-refractivity contribution in [1.29, 1.82) is 0 Å². The van der Waals surface area contributed by atoms with Crippen LogP contribution in [0.4, 0.5) is 0 Å². The summed E-state index contributed by atoms with van der Waals surface area (Å²) in [6.07, 6.45) is 4.55.